The van der Waals surface area contributed by atoms with E-state index in [-0.39, 0.29) is 12.5 Å². The third kappa shape index (κ3) is 8.57. The van der Waals surface area contributed by atoms with Gasteiger partial charge < -0.3 is 19.5 Å². The molecule has 1 aromatic rings. The summed E-state index contributed by atoms with van der Waals surface area (Å²) >= 11 is 0. The fraction of sp³-hybridized carbons (Fsp3) is 0.550. The molecule has 0 unspecified atom stereocenters. The number of carbonyl (C=O) groups excluding carboxylic acids is 3. The summed E-state index contributed by atoms with van der Waals surface area (Å²) in [7, 11) is 1.26. The first-order chi connectivity index (χ1) is 12.7. The van der Waals surface area contributed by atoms with Crippen molar-refractivity contribution >= 4 is 17.8 Å². The van der Waals surface area contributed by atoms with E-state index < -0.39 is 30.5 Å². The lowest BCUT2D eigenvalue weighted by Gasteiger charge is -2.18. The van der Waals surface area contributed by atoms with E-state index in [4.69, 9.17) is 9.47 Å². The molecule has 0 heterocycles. The highest BCUT2D eigenvalue weighted by atomic mass is 16.6. The highest BCUT2D eigenvalue weighted by molar-refractivity contribution is 5.86. The van der Waals surface area contributed by atoms with Crippen molar-refractivity contribution < 1.29 is 28.6 Å². The van der Waals surface area contributed by atoms with E-state index in [0.29, 0.717) is 18.1 Å². The van der Waals surface area contributed by atoms with Crippen LogP contribution in [-0.2, 0) is 23.9 Å². The van der Waals surface area contributed by atoms with Crippen LogP contribution in [0, 0.1) is 5.92 Å². The molecule has 27 heavy (non-hydrogen) atoms. The smallest absolute Gasteiger partial charge is 0.344 e. The lowest BCUT2D eigenvalue weighted by atomic mass is 10.0. The summed E-state index contributed by atoms with van der Waals surface area (Å²) in [4.78, 5) is 35.3. The molecular formula is C20H29NO6. The Balaban J connectivity index is 2.39. The van der Waals surface area contributed by atoms with E-state index in [1.54, 1.807) is 12.1 Å². The maximum atomic E-state index is 11.9. The second kappa shape index (κ2) is 11.2. The van der Waals surface area contributed by atoms with Gasteiger partial charge in [-0.3, -0.25) is 4.79 Å². The molecular weight excluding hydrogens is 350 g/mol. The molecule has 0 saturated carbocycles. The Bertz CT molecular complexity index is 624. The van der Waals surface area contributed by atoms with Crippen LogP contribution in [0.5, 0.6) is 5.75 Å². The minimum absolute atomic E-state index is 0.187. The third-order valence-corrected chi connectivity index (χ3v) is 3.80. The predicted octanol–water partition coefficient (Wildman–Crippen LogP) is 2.44. The second-order valence-electron chi connectivity index (χ2n) is 6.95. The third-order valence-electron chi connectivity index (χ3n) is 3.80. The predicted molar refractivity (Wildman–Crippen MR) is 100 cm³/mol. The summed E-state index contributed by atoms with van der Waals surface area (Å²) in [6.45, 7) is 7.23. The Kier molecular flexibility index (Phi) is 9.33. The molecule has 0 fully saturated rings. The fourth-order valence-corrected chi connectivity index (χ4v) is 2.34. The van der Waals surface area contributed by atoms with Gasteiger partial charge in [0, 0.05) is 0 Å². The number of nitrogens with one attached hydrogen (secondary N) is 1. The van der Waals surface area contributed by atoms with E-state index >= 15 is 0 Å². The van der Waals surface area contributed by atoms with Gasteiger partial charge in [0.15, 0.2) is 13.2 Å². The van der Waals surface area contributed by atoms with Gasteiger partial charge in [0.05, 0.1) is 7.11 Å². The van der Waals surface area contributed by atoms with Crippen molar-refractivity contribution in [1.82, 2.24) is 5.32 Å². The Morgan fingerprint density at radius 1 is 1.00 bits per heavy atom. The second-order valence-corrected chi connectivity index (χ2v) is 6.95. The molecule has 0 spiro atoms. The van der Waals surface area contributed by atoms with Crippen molar-refractivity contribution in [3.05, 3.63) is 29.8 Å². The van der Waals surface area contributed by atoms with Crippen LogP contribution in [0.4, 0.5) is 0 Å². The zero-order valence-electron chi connectivity index (χ0n) is 16.6. The van der Waals surface area contributed by atoms with Crippen molar-refractivity contribution in [1.29, 1.82) is 0 Å². The molecule has 0 saturated heterocycles. The van der Waals surface area contributed by atoms with Crippen LogP contribution in [-0.4, -0.2) is 44.2 Å². The highest BCUT2D eigenvalue weighted by Crippen LogP contribution is 2.18. The summed E-state index contributed by atoms with van der Waals surface area (Å²) in [5.41, 5.74) is 1.17. The van der Waals surface area contributed by atoms with Gasteiger partial charge in [0.25, 0.3) is 5.91 Å². The molecule has 0 aliphatic rings. The zero-order chi connectivity index (χ0) is 20.4. The van der Waals surface area contributed by atoms with Crippen LogP contribution in [0.3, 0.4) is 0 Å². The van der Waals surface area contributed by atoms with E-state index in [9.17, 15) is 14.4 Å². The van der Waals surface area contributed by atoms with Gasteiger partial charge in [0.1, 0.15) is 11.8 Å². The number of rotatable bonds is 10. The zero-order valence-corrected chi connectivity index (χ0v) is 16.6. The molecule has 0 radical (unpaired) electrons. The van der Waals surface area contributed by atoms with Crippen molar-refractivity contribution in [2.75, 3.05) is 20.3 Å². The quantitative estimate of drug-likeness (QED) is 0.628. The standard InChI is InChI=1S/C20H29NO6/c1-13(2)10-17(20(24)25-5)21-18(22)11-27-19(23)12-26-16-8-6-15(7-9-16)14(3)4/h6-9,13-14,17H,10-12H2,1-5H3,(H,21,22)/t17-/m1/s1. The molecule has 150 valence electrons. The molecule has 0 aromatic heterocycles. The maximum Gasteiger partial charge on any atom is 0.344 e. The molecule has 1 atom stereocenters. The van der Waals surface area contributed by atoms with E-state index in [1.807, 2.05) is 26.0 Å². The lowest BCUT2D eigenvalue weighted by Crippen LogP contribution is -2.44. The van der Waals surface area contributed by atoms with Crippen LogP contribution < -0.4 is 10.1 Å². The Morgan fingerprint density at radius 2 is 1.63 bits per heavy atom. The summed E-state index contributed by atoms with van der Waals surface area (Å²) < 4.78 is 14.9. The number of hydrogen-bond acceptors (Lipinski definition) is 6. The van der Waals surface area contributed by atoms with Gasteiger partial charge >= 0.3 is 11.9 Å². The SMILES string of the molecule is COC(=O)[C@@H](CC(C)C)NC(=O)COC(=O)COc1ccc(C(C)C)cc1. The molecule has 0 aliphatic heterocycles. The average Bonchev–Trinajstić information content (AvgIpc) is 2.63. The van der Waals surface area contributed by atoms with Gasteiger partial charge in [-0.15, -0.1) is 0 Å². The molecule has 7 nitrogen and oxygen atoms in total. The van der Waals surface area contributed by atoms with Gasteiger partial charge in [-0.05, 0) is 36.0 Å². The first-order valence-electron chi connectivity index (χ1n) is 8.98. The monoisotopic (exact) mass is 379 g/mol. The number of amides is 1. The number of ether oxygens (including phenoxy) is 3. The molecule has 1 N–H and O–H groups in total. The van der Waals surface area contributed by atoms with Gasteiger partial charge in [-0.1, -0.05) is 39.8 Å². The first kappa shape index (κ1) is 22.5. The normalized spacial score (nSPS) is 11.8. The Labute approximate surface area is 160 Å². The van der Waals surface area contributed by atoms with Crippen molar-refractivity contribution in [2.45, 2.75) is 46.1 Å². The van der Waals surface area contributed by atoms with Gasteiger partial charge in [-0.25, -0.2) is 9.59 Å². The van der Waals surface area contributed by atoms with E-state index in [2.05, 4.69) is 23.9 Å². The van der Waals surface area contributed by atoms with Gasteiger partial charge in [-0.2, -0.15) is 0 Å². The Morgan fingerprint density at radius 3 is 2.15 bits per heavy atom. The highest BCUT2D eigenvalue weighted by Gasteiger charge is 2.23. The van der Waals surface area contributed by atoms with Crippen LogP contribution in [0.1, 0.15) is 45.6 Å². The van der Waals surface area contributed by atoms with Crippen LogP contribution in [0.25, 0.3) is 0 Å². The number of esters is 2. The number of methoxy groups -OCH3 is 1. The summed E-state index contributed by atoms with van der Waals surface area (Å²) in [5.74, 6) is -0.628. The van der Waals surface area contributed by atoms with Crippen LogP contribution >= 0.6 is 0 Å². The lowest BCUT2D eigenvalue weighted by molar-refractivity contribution is -0.151. The van der Waals surface area contributed by atoms with Crippen molar-refractivity contribution in [3.63, 3.8) is 0 Å². The summed E-state index contributed by atoms with van der Waals surface area (Å²) in [6.07, 6.45) is 0.432. The number of carbonyl (C=O) groups is 3. The van der Waals surface area contributed by atoms with Gasteiger partial charge in [0.2, 0.25) is 0 Å². The van der Waals surface area contributed by atoms with Crippen LogP contribution in [0.15, 0.2) is 24.3 Å². The minimum Gasteiger partial charge on any atom is -0.482 e. The Hall–Kier alpha value is -2.57. The van der Waals surface area contributed by atoms with Crippen LogP contribution in [0.2, 0.25) is 0 Å². The van der Waals surface area contributed by atoms with Crippen molar-refractivity contribution in [2.24, 2.45) is 5.92 Å². The molecule has 0 aliphatic carbocycles. The van der Waals surface area contributed by atoms with E-state index in [0.717, 1.165) is 0 Å². The molecule has 1 rings (SSSR count). The minimum atomic E-state index is -0.767. The maximum absolute atomic E-state index is 11.9. The summed E-state index contributed by atoms with van der Waals surface area (Å²) in [6, 6.07) is 6.66. The molecule has 1 aromatic carbocycles. The first-order valence-corrected chi connectivity index (χ1v) is 8.98. The fourth-order valence-electron chi connectivity index (χ4n) is 2.34. The summed E-state index contributed by atoms with van der Waals surface area (Å²) in [5, 5.41) is 2.51. The van der Waals surface area contributed by atoms with E-state index in [1.165, 1.54) is 12.7 Å². The largest absolute Gasteiger partial charge is 0.482 e. The molecule has 0 bridgehead atoms. The number of hydrogen-bond donors (Lipinski definition) is 1. The molecule has 7 heteroatoms. The number of benzene rings is 1. The molecule has 1 amide bonds. The topological polar surface area (TPSA) is 90.9 Å². The average molecular weight is 379 g/mol. The van der Waals surface area contributed by atoms with Crippen molar-refractivity contribution in [3.8, 4) is 5.75 Å².